The third-order valence-corrected chi connectivity index (χ3v) is 5.41. The quantitative estimate of drug-likeness (QED) is 0.0895. The molecule has 37 heavy (non-hydrogen) atoms. The minimum absolute atomic E-state index is 0.113. The molecule has 0 aliphatic heterocycles. The molecule has 4 aromatic rings. The Kier molecular flexibility index (Phi) is 7.21. The third kappa shape index (κ3) is 5.61. The van der Waals surface area contributed by atoms with E-state index in [0.29, 0.717) is 16.9 Å². The number of amides is 1. The fraction of sp³-hybridized carbons (Fsp3) is 0.0357. The number of fused-ring (bicyclic) bond motifs is 1. The van der Waals surface area contributed by atoms with Crippen LogP contribution in [0.3, 0.4) is 0 Å². The molecule has 9 heteroatoms. The lowest BCUT2D eigenvalue weighted by atomic mass is 10.0. The summed E-state index contributed by atoms with van der Waals surface area (Å²) in [7, 11) is 1.43. The highest BCUT2D eigenvalue weighted by molar-refractivity contribution is 6.10. The van der Waals surface area contributed by atoms with Crippen LogP contribution in [0.1, 0.15) is 15.9 Å². The summed E-state index contributed by atoms with van der Waals surface area (Å²) in [6, 6.07) is 24.4. The second-order valence-corrected chi connectivity index (χ2v) is 7.75. The summed E-state index contributed by atoms with van der Waals surface area (Å²) in [6.45, 7) is 0. The predicted octanol–water partition coefficient (Wildman–Crippen LogP) is 5.52. The van der Waals surface area contributed by atoms with E-state index in [1.807, 2.05) is 36.4 Å². The number of carbonyl (C=O) groups is 2. The number of hydrogen-bond acceptors (Lipinski definition) is 7. The monoisotopic (exact) mass is 493 g/mol. The zero-order chi connectivity index (χ0) is 26.4. The number of carbonyl (C=O) groups excluding carboxylic acids is 2. The number of nitriles is 1. The van der Waals surface area contributed by atoms with Gasteiger partial charge in [-0.25, -0.2) is 4.79 Å². The molecule has 1 amide bonds. The fourth-order valence-electron chi connectivity index (χ4n) is 3.60. The first kappa shape index (κ1) is 24.6. The van der Waals surface area contributed by atoms with Crippen molar-refractivity contribution in [2.45, 2.75) is 0 Å². The van der Waals surface area contributed by atoms with Gasteiger partial charge in [0, 0.05) is 17.8 Å². The van der Waals surface area contributed by atoms with Gasteiger partial charge in [0.05, 0.1) is 17.6 Å². The molecular formula is C28H19N3O6. The van der Waals surface area contributed by atoms with E-state index in [0.717, 1.165) is 10.8 Å². The molecule has 0 atom stereocenters. The van der Waals surface area contributed by atoms with Crippen molar-refractivity contribution in [3.05, 3.63) is 112 Å². The highest BCUT2D eigenvalue weighted by Gasteiger charge is 2.17. The number of ether oxygens (including phenoxy) is 2. The van der Waals surface area contributed by atoms with Crippen molar-refractivity contribution in [2.75, 3.05) is 12.4 Å². The van der Waals surface area contributed by atoms with Crippen molar-refractivity contribution in [1.29, 1.82) is 5.26 Å². The third-order valence-electron chi connectivity index (χ3n) is 5.41. The van der Waals surface area contributed by atoms with Crippen LogP contribution in [0.15, 0.2) is 90.5 Å². The average Bonchev–Trinajstić information content (AvgIpc) is 2.91. The molecular weight excluding hydrogens is 474 g/mol. The number of esters is 1. The van der Waals surface area contributed by atoms with E-state index in [1.165, 1.54) is 43.5 Å². The second kappa shape index (κ2) is 10.8. The molecule has 0 unspecified atom stereocenters. The van der Waals surface area contributed by atoms with Gasteiger partial charge in [0.2, 0.25) is 0 Å². The van der Waals surface area contributed by atoms with E-state index < -0.39 is 16.8 Å². The van der Waals surface area contributed by atoms with Crippen molar-refractivity contribution in [3.8, 4) is 17.6 Å². The van der Waals surface area contributed by atoms with Crippen LogP contribution in [0, 0.1) is 21.4 Å². The Bertz CT molecular complexity index is 1580. The molecule has 0 fully saturated rings. The predicted molar refractivity (Wildman–Crippen MR) is 137 cm³/mol. The van der Waals surface area contributed by atoms with Gasteiger partial charge >= 0.3 is 5.97 Å². The van der Waals surface area contributed by atoms with Gasteiger partial charge in [-0.3, -0.25) is 14.9 Å². The molecule has 0 bridgehead atoms. The Labute approximate surface area is 211 Å². The van der Waals surface area contributed by atoms with Crippen LogP contribution in [-0.2, 0) is 4.79 Å². The van der Waals surface area contributed by atoms with Gasteiger partial charge in [0.1, 0.15) is 11.6 Å². The largest absolute Gasteiger partial charge is 0.493 e. The van der Waals surface area contributed by atoms with Crippen molar-refractivity contribution in [3.63, 3.8) is 0 Å². The van der Waals surface area contributed by atoms with Gasteiger partial charge < -0.3 is 14.8 Å². The van der Waals surface area contributed by atoms with Crippen LogP contribution in [0.25, 0.3) is 16.8 Å². The molecule has 0 saturated carbocycles. The number of rotatable bonds is 7. The number of non-ortho nitro benzene ring substituents is 1. The van der Waals surface area contributed by atoms with Crippen molar-refractivity contribution >= 4 is 40.1 Å². The number of nitro benzene ring substituents is 1. The molecule has 0 aliphatic carbocycles. The lowest BCUT2D eigenvalue weighted by Gasteiger charge is -2.11. The Hall–Kier alpha value is -5.49. The summed E-state index contributed by atoms with van der Waals surface area (Å²) in [5.41, 5.74) is 0.724. The van der Waals surface area contributed by atoms with E-state index in [2.05, 4.69) is 5.32 Å². The highest BCUT2D eigenvalue weighted by atomic mass is 16.6. The van der Waals surface area contributed by atoms with E-state index in [1.54, 1.807) is 24.3 Å². The van der Waals surface area contributed by atoms with Crippen LogP contribution in [0.4, 0.5) is 11.4 Å². The number of anilines is 1. The van der Waals surface area contributed by atoms with Crippen LogP contribution < -0.4 is 14.8 Å². The fourth-order valence-corrected chi connectivity index (χ4v) is 3.60. The first-order valence-corrected chi connectivity index (χ1v) is 10.9. The maximum Gasteiger partial charge on any atom is 0.344 e. The topological polar surface area (TPSA) is 132 Å². The standard InChI is InChI=1S/C28H19N3O6/c1-36-25-14-9-18(15-20(17-29)27(32)30-21-10-12-22(13-11-21)31(34)35)16-26(25)37-28(33)24-8-4-6-19-5-2-3-7-23(19)24/h2-16H,1H3,(H,30,32)/b20-15-. The maximum absolute atomic E-state index is 13.0. The smallest absolute Gasteiger partial charge is 0.344 e. The zero-order valence-corrected chi connectivity index (χ0v) is 19.5. The average molecular weight is 493 g/mol. The van der Waals surface area contributed by atoms with E-state index in [4.69, 9.17) is 9.47 Å². The number of methoxy groups -OCH3 is 1. The number of hydrogen-bond donors (Lipinski definition) is 1. The Morgan fingerprint density at radius 2 is 1.70 bits per heavy atom. The van der Waals surface area contributed by atoms with E-state index in [9.17, 15) is 25.0 Å². The van der Waals surface area contributed by atoms with Gasteiger partial charge in [-0.1, -0.05) is 42.5 Å². The Morgan fingerprint density at radius 3 is 2.41 bits per heavy atom. The molecule has 0 aromatic heterocycles. The molecule has 0 spiro atoms. The minimum atomic E-state index is -0.707. The molecule has 9 nitrogen and oxygen atoms in total. The second-order valence-electron chi connectivity index (χ2n) is 7.75. The van der Waals surface area contributed by atoms with E-state index in [-0.39, 0.29) is 22.7 Å². The summed E-state index contributed by atoms with van der Waals surface area (Å²) in [4.78, 5) is 35.9. The van der Waals surface area contributed by atoms with Crippen LogP contribution in [-0.4, -0.2) is 23.9 Å². The van der Waals surface area contributed by atoms with Crippen LogP contribution in [0.2, 0.25) is 0 Å². The van der Waals surface area contributed by atoms with Gasteiger partial charge in [-0.2, -0.15) is 5.26 Å². The van der Waals surface area contributed by atoms with Crippen LogP contribution >= 0.6 is 0 Å². The first-order chi connectivity index (χ1) is 17.9. The van der Waals surface area contributed by atoms with Crippen LogP contribution in [0.5, 0.6) is 11.5 Å². The summed E-state index contributed by atoms with van der Waals surface area (Å²) >= 11 is 0. The van der Waals surface area contributed by atoms with Gasteiger partial charge in [-0.05, 0) is 52.7 Å². The zero-order valence-electron chi connectivity index (χ0n) is 19.5. The summed E-state index contributed by atoms with van der Waals surface area (Å²) in [5, 5.41) is 24.5. The molecule has 4 aromatic carbocycles. The SMILES string of the molecule is COc1ccc(/C=C(/C#N)C(=O)Nc2ccc([N+](=O)[O-])cc2)cc1OC(=O)c1cccc2ccccc12. The highest BCUT2D eigenvalue weighted by Crippen LogP contribution is 2.31. The van der Waals surface area contributed by atoms with Gasteiger partial charge in [0.15, 0.2) is 11.5 Å². The molecule has 0 heterocycles. The minimum Gasteiger partial charge on any atom is -0.493 e. The van der Waals surface area contributed by atoms with Gasteiger partial charge in [-0.15, -0.1) is 0 Å². The summed E-state index contributed by atoms with van der Waals surface area (Å²) in [5.74, 6) is -0.893. The molecule has 1 N–H and O–H groups in total. The molecule has 0 radical (unpaired) electrons. The number of benzene rings is 4. The number of nitrogens with zero attached hydrogens (tertiary/aromatic N) is 2. The van der Waals surface area contributed by atoms with Crippen molar-refractivity contribution in [2.24, 2.45) is 0 Å². The Balaban J connectivity index is 1.58. The molecule has 0 aliphatic rings. The van der Waals surface area contributed by atoms with Crippen molar-refractivity contribution in [1.82, 2.24) is 0 Å². The molecule has 0 saturated heterocycles. The van der Waals surface area contributed by atoms with Crippen molar-refractivity contribution < 1.29 is 24.0 Å². The summed E-state index contributed by atoms with van der Waals surface area (Å²) in [6.07, 6.45) is 1.33. The number of nitro groups is 1. The number of nitrogens with one attached hydrogen (secondary N) is 1. The molecule has 4 rings (SSSR count). The lowest BCUT2D eigenvalue weighted by Crippen LogP contribution is -2.13. The Morgan fingerprint density at radius 1 is 0.973 bits per heavy atom. The van der Waals surface area contributed by atoms with E-state index >= 15 is 0 Å². The maximum atomic E-state index is 13.0. The summed E-state index contributed by atoms with van der Waals surface area (Å²) < 4.78 is 11.0. The normalized spacial score (nSPS) is 10.9. The first-order valence-electron chi connectivity index (χ1n) is 10.9. The lowest BCUT2D eigenvalue weighted by molar-refractivity contribution is -0.384. The molecule has 182 valence electrons. The van der Waals surface area contributed by atoms with Gasteiger partial charge in [0.25, 0.3) is 11.6 Å².